The lowest BCUT2D eigenvalue weighted by Crippen LogP contribution is -2.51. The average Bonchev–Trinajstić information content (AvgIpc) is 3.06. The molecule has 2 fully saturated rings. The summed E-state index contributed by atoms with van der Waals surface area (Å²) < 4.78 is 6.21. The van der Waals surface area contributed by atoms with Crippen LogP contribution in [0.15, 0.2) is 78.9 Å². The highest BCUT2D eigenvalue weighted by atomic mass is 32.1. The van der Waals surface area contributed by atoms with Gasteiger partial charge in [0.2, 0.25) is 0 Å². The number of thiocarbonyl (C=S) groups is 1. The van der Waals surface area contributed by atoms with E-state index in [1.54, 1.807) is 0 Å². The summed E-state index contributed by atoms with van der Waals surface area (Å²) in [5.41, 5.74) is 3.53. The topological polar surface area (TPSA) is 15.7 Å². The van der Waals surface area contributed by atoms with Gasteiger partial charge in [-0.2, -0.15) is 0 Å². The van der Waals surface area contributed by atoms with Crippen molar-refractivity contribution in [1.29, 1.82) is 0 Å². The second-order valence-corrected chi connectivity index (χ2v) is 8.88. The molecule has 4 heteroatoms. The summed E-state index contributed by atoms with van der Waals surface area (Å²) in [7, 11) is 0. The zero-order valence-electron chi connectivity index (χ0n) is 16.8. The quantitative estimate of drug-likeness (QED) is 0.459. The summed E-state index contributed by atoms with van der Waals surface area (Å²) in [6.45, 7) is 0. The van der Waals surface area contributed by atoms with Crippen molar-refractivity contribution in [3.05, 3.63) is 84.4 Å². The summed E-state index contributed by atoms with van der Waals surface area (Å²) in [4.78, 5) is 6.09. The van der Waals surface area contributed by atoms with Gasteiger partial charge in [-0.05, 0) is 49.9 Å². The van der Waals surface area contributed by atoms with E-state index in [2.05, 4.69) is 88.7 Å². The molecule has 6 rings (SSSR count). The summed E-state index contributed by atoms with van der Waals surface area (Å²) in [5.74, 6) is 1.90. The number of hydrogen-bond donors (Lipinski definition) is 0. The van der Waals surface area contributed by atoms with Gasteiger partial charge in [0, 0.05) is 23.7 Å². The van der Waals surface area contributed by atoms with Gasteiger partial charge in [0.25, 0.3) is 0 Å². The molecule has 3 nitrogen and oxygen atoms in total. The van der Waals surface area contributed by atoms with Crippen molar-refractivity contribution in [2.24, 2.45) is 0 Å². The number of piperidine rings is 1. The molecule has 0 radical (unpaired) electrons. The monoisotopic (exact) mass is 412 g/mol. The van der Waals surface area contributed by atoms with Gasteiger partial charge in [-0.1, -0.05) is 66.8 Å². The van der Waals surface area contributed by atoms with Crippen molar-refractivity contribution in [3.63, 3.8) is 0 Å². The molecule has 3 aliphatic rings. The zero-order valence-corrected chi connectivity index (χ0v) is 17.6. The number of hydrogen-bond acceptors (Lipinski definition) is 3. The Balaban J connectivity index is 1.34. The second-order valence-electron chi connectivity index (χ2n) is 8.50. The number of fused-ring (bicyclic) bond motifs is 4. The maximum absolute atomic E-state index is 6.21. The summed E-state index contributed by atoms with van der Waals surface area (Å²) in [6.07, 6.45) is 4.68. The van der Waals surface area contributed by atoms with E-state index in [0.29, 0.717) is 18.1 Å². The number of benzene rings is 3. The van der Waals surface area contributed by atoms with Crippen LogP contribution < -0.4 is 9.64 Å². The smallest absolute Gasteiger partial charge is 0.151 e. The molecule has 2 unspecified atom stereocenters. The van der Waals surface area contributed by atoms with E-state index in [0.717, 1.165) is 29.3 Å². The fourth-order valence-corrected chi connectivity index (χ4v) is 5.98. The number of nitrogens with zero attached hydrogens (tertiary/aromatic N) is 2. The number of ether oxygens (including phenoxy) is 1. The molecule has 3 aliphatic heterocycles. The first-order valence-corrected chi connectivity index (χ1v) is 11.2. The van der Waals surface area contributed by atoms with Crippen LogP contribution in [0.25, 0.3) is 0 Å². The van der Waals surface area contributed by atoms with Gasteiger partial charge in [0.1, 0.15) is 4.99 Å². The summed E-state index contributed by atoms with van der Waals surface area (Å²) in [5, 5.41) is 0. The van der Waals surface area contributed by atoms with E-state index in [1.165, 1.54) is 29.8 Å². The minimum Gasteiger partial charge on any atom is -0.453 e. The van der Waals surface area contributed by atoms with E-state index >= 15 is 0 Å². The molecular weight excluding hydrogens is 388 g/mol. The van der Waals surface area contributed by atoms with Gasteiger partial charge in [0.05, 0.1) is 11.4 Å². The van der Waals surface area contributed by atoms with Gasteiger partial charge < -0.3 is 14.5 Å². The third-order valence-electron chi connectivity index (χ3n) is 6.80. The van der Waals surface area contributed by atoms with Gasteiger partial charge in [-0.15, -0.1) is 0 Å². The molecular formula is C26H24N2OS. The van der Waals surface area contributed by atoms with Crippen LogP contribution >= 0.6 is 12.2 Å². The molecule has 0 saturated carbocycles. The van der Waals surface area contributed by atoms with Crippen LogP contribution in [0.2, 0.25) is 0 Å². The molecule has 0 aromatic heterocycles. The number of rotatable bonds is 2. The molecule has 0 spiro atoms. The minimum absolute atomic E-state index is 0.448. The Kier molecular flexibility index (Phi) is 4.27. The van der Waals surface area contributed by atoms with Crippen LogP contribution in [0.3, 0.4) is 0 Å². The van der Waals surface area contributed by atoms with Crippen molar-refractivity contribution in [3.8, 4) is 11.5 Å². The molecule has 2 bridgehead atoms. The lowest BCUT2D eigenvalue weighted by molar-refractivity contribution is 0.218. The Labute approximate surface area is 182 Å². The molecule has 3 aromatic rings. The zero-order chi connectivity index (χ0) is 20.1. The second kappa shape index (κ2) is 7.13. The van der Waals surface area contributed by atoms with E-state index in [4.69, 9.17) is 17.0 Å². The normalized spacial score (nSPS) is 24.1. The van der Waals surface area contributed by atoms with E-state index in [9.17, 15) is 0 Å². The highest BCUT2D eigenvalue weighted by molar-refractivity contribution is 7.80. The molecule has 2 atom stereocenters. The van der Waals surface area contributed by atoms with E-state index in [-0.39, 0.29) is 0 Å². The first kappa shape index (κ1) is 18.0. The number of para-hydroxylation sites is 4. The van der Waals surface area contributed by atoms with E-state index in [1.807, 2.05) is 0 Å². The Hall–Kier alpha value is -2.85. The molecule has 0 aliphatic carbocycles. The lowest BCUT2D eigenvalue weighted by atomic mass is 9.93. The first-order chi connectivity index (χ1) is 14.8. The van der Waals surface area contributed by atoms with Crippen LogP contribution in [0.5, 0.6) is 11.5 Å². The molecule has 0 amide bonds. The lowest BCUT2D eigenvalue weighted by Gasteiger charge is -2.46. The van der Waals surface area contributed by atoms with Gasteiger partial charge >= 0.3 is 0 Å². The first-order valence-electron chi connectivity index (χ1n) is 10.8. The Morgan fingerprint density at radius 1 is 0.700 bits per heavy atom. The van der Waals surface area contributed by atoms with Crippen LogP contribution in [-0.4, -0.2) is 28.0 Å². The van der Waals surface area contributed by atoms with Crippen molar-refractivity contribution in [2.75, 3.05) is 4.90 Å². The fourth-order valence-electron chi connectivity index (χ4n) is 5.55. The summed E-state index contributed by atoms with van der Waals surface area (Å²) in [6, 6.07) is 28.8. The Bertz CT molecular complexity index is 1040. The van der Waals surface area contributed by atoms with Crippen molar-refractivity contribution in [1.82, 2.24) is 4.90 Å². The van der Waals surface area contributed by atoms with Crippen molar-refractivity contribution < 1.29 is 4.74 Å². The third kappa shape index (κ3) is 2.82. The van der Waals surface area contributed by atoms with E-state index < -0.39 is 0 Å². The molecule has 150 valence electrons. The van der Waals surface area contributed by atoms with Crippen molar-refractivity contribution in [2.45, 2.75) is 43.8 Å². The highest BCUT2D eigenvalue weighted by Gasteiger charge is 2.45. The van der Waals surface area contributed by atoms with Gasteiger partial charge in [-0.25, -0.2) is 0 Å². The maximum Gasteiger partial charge on any atom is 0.151 e. The Morgan fingerprint density at radius 2 is 1.23 bits per heavy atom. The average molecular weight is 413 g/mol. The predicted molar refractivity (Wildman–Crippen MR) is 125 cm³/mol. The molecule has 0 N–H and O–H groups in total. The van der Waals surface area contributed by atoms with Crippen molar-refractivity contribution >= 4 is 28.6 Å². The molecule has 2 saturated heterocycles. The SMILES string of the molecule is S=C(c1ccccc1)N1C2CCC1CC(N1c3ccccc3Oc3ccccc31)C2. The Morgan fingerprint density at radius 3 is 1.83 bits per heavy atom. The highest BCUT2D eigenvalue weighted by Crippen LogP contribution is 2.50. The molecule has 30 heavy (non-hydrogen) atoms. The summed E-state index contributed by atoms with van der Waals surface area (Å²) >= 11 is 5.95. The molecule has 3 heterocycles. The molecule has 3 aromatic carbocycles. The standard InChI is InChI=1S/C26H24N2OS/c30-26(18-8-2-1-3-9-18)27-19-14-15-20(27)17-21(16-19)28-22-10-4-6-12-24(22)29-25-13-7-5-11-23(25)28/h1-13,19-21H,14-17H2. The van der Waals surface area contributed by atoms with Gasteiger partial charge in [-0.3, -0.25) is 0 Å². The van der Waals surface area contributed by atoms with Crippen LogP contribution in [0.1, 0.15) is 31.2 Å². The fraction of sp³-hybridized carbons (Fsp3) is 0.269. The number of anilines is 2. The maximum atomic E-state index is 6.21. The predicted octanol–water partition coefficient (Wildman–Crippen LogP) is 6.30. The minimum atomic E-state index is 0.448. The largest absolute Gasteiger partial charge is 0.453 e. The van der Waals surface area contributed by atoms with Crippen LogP contribution in [0.4, 0.5) is 11.4 Å². The van der Waals surface area contributed by atoms with Gasteiger partial charge in [0.15, 0.2) is 11.5 Å². The van der Waals surface area contributed by atoms with Crippen LogP contribution in [-0.2, 0) is 0 Å². The van der Waals surface area contributed by atoms with Crippen LogP contribution in [0, 0.1) is 0 Å². The third-order valence-corrected chi connectivity index (χ3v) is 7.24.